The number of hydrogen-bond donors (Lipinski definition) is 0. The summed E-state index contributed by atoms with van der Waals surface area (Å²) in [6, 6.07) is 12.8. The van der Waals surface area contributed by atoms with Gasteiger partial charge in [-0.25, -0.2) is 13.9 Å². The molecular formula is C27H19ClF4N6O2. The molecule has 0 spiro atoms. The molecular weight excluding hydrogens is 552 g/mol. The van der Waals surface area contributed by atoms with Gasteiger partial charge in [-0.1, -0.05) is 35.9 Å². The van der Waals surface area contributed by atoms with E-state index in [0.717, 1.165) is 21.5 Å². The number of alkyl halides is 3. The standard InChI is InChI=1S/C27H19ClF4N6O2/c1-36(2)25(39)19-9-6-17(11-21(19)29)20-13-34-38-24(23(20)16-4-7-18(28)8-5-16)35-37(26(38)40)14-15-3-10-22(33-12-15)27(30,31)32/h3-13H,14H2,1-2H3. The van der Waals surface area contributed by atoms with Crippen molar-refractivity contribution < 1.29 is 22.4 Å². The number of benzene rings is 2. The molecule has 204 valence electrons. The molecule has 0 aliphatic carbocycles. The third kappa shape index (κ3) is 5.05. The minimum absolute atomic E-state index is 0.110. The van der Waals surface area contributed by atoms with Crippen LogP contribution in [0, 0.1) is 5.82 Å². The highest BCUT2D eigenvalue weighted by atomic mass is 35.5. The lowest BCUT2D eigenvalue weighted by Crippen LogP contribution is -2.23. The largest absolute Gasteiger partial charge is 0.433 e. The van der Waals surface area contributed by atoms with Crippen LogP contribution >= 0.6 is 11.6 Å². The number of pyridine rings is 1. The molecule has 0 fully saturated rings. The van der Waals surface area contributed by atoms with Gasteiger partial charge in [0.05, 0.1) is 18.3 Å². The summed E-state index contributed by atoms with van der Waals surface area (Å²) < 4.78 is 55.8. The van der Waals surface area contributed by atoms with E-state index in [1.165, 1.54) is 43.4 Å². The van der Waals surface area contributed by atoms with Gasteiger partial charge in [-0.3, -0.25) is 9.78 Å². The highest BCUT2D eigenvalue weighted by molar-refractivity contribution is 6.30. The summed E-state index contributed by atoms with van der Waals surface area (Å²) in [6.45, 7) is -0.168. The van der Waals surface area contributed by atoms with Gasteiger partial charge in [0.25, 0.3) is 5.91 Å². The van der Waals surface area contributed by atoms with Gasteiger partial charge in [-0.15, -0.1) is 5.10 Å². The van der Waals surface area contributed by atoms with Crippen LogP contribution in [0.15, 0.2) is 71.8 Å². The van der Waals surface area contributed by atoms with Crippen LogP contribution in [0.2, 0.25) is 5.02 Å². The minimum atomic E-state index is -4.59. The number of halogens is 5. The van der Waals surface area contributed by atoms with Crippen LogP contribution in [0.4, 0.5) is 17.6 Å². The zero-order chi connectivity index (χ0) is 28.8. The fourth-order valence-electron chi connectivity index (χ4n) is 4.14. The lowest BCUT2D eigenvalue weighted by molar-refractivity contribution is -0.141. The van der Waals surface area contributed by atoms with E-state index in [1.54, 1.807) is 30.3 Å². The molecule has 0 radical (unpaired) electrons. The summed E-state index contributed by atoms with van der Waals surface area (Å²) in [4.78, 5) is 30.2. The van der Waals surface area contributed by atoms with Crippen LogP contribution in [0.5, 0.6) is 0 Å². The van der Waals surface area contributed by atoms with Crippen molar-refractivity contribution in [3.05, 3.63) is 105 Å². The highest BCUT2D eigenvalue weighted by Crippen LogP contribution is 2.35. The summed E-state index contributed by atoms with van der Waals surface area (Å²) in [7, 11) is 3.03. The molecule has 3 heterocycles. The van der Waals surface area contributed by atoms with Gasteiger partial charge in [-0.2, -0.15) is 22.8 Å². The van der Waals surface area contributed by atoms with Gasteiger partial charge in [-0.05, 0) is 47.0 Å². The molecule has 0 aliphatic heterocycles. The molecule has 1 amide bonds. The first-order valence-electron chi connectivity index (χ1n) is 11.7. The lowest BCUT2D eigenvalue weighted by atomic mass is 9.96. The summed E-state index contributed by atoms with van der Waals surface area (Å²) in [5, 5.41) is 9.10. The lowest BCUT2D eigenvalue weighted by Gasteiger charge is -2.14. The highest BCUT2D eigenvalue weighted by Gasteiger charge is 2.32. The zero-order valence-corrected chi connectivity index (χ0v) is 21.7. The van der Waals surface area contributed by atoms with E-state index in [0.29, 0.717) is 32.8 Å². The van der Waals surface area contributed by atoms with Crippen LogP contribution in [-0.4, -0.2) is 49.3 Å². The zero-order valence-electron chi connectivity index (χ0n) is 20.9. The van der Waals surface area contributed by atoms with E-state index >= 15 is 4.39 Å². The van der Waals surface area contributed by atoms with Crippen molar-refractivity contribution in [2.45, 2.75) is 12.7 Å². The van der Waals surface area contributed by atoms with E-state index in [4.69, 9.17) is 11.6 Å². The van der Waals surface area contributed by atoms with E-state index in [9.17, 15) is 22.8 Å². The first kappa shape index (κ1) is 27.0. The monoisotopic (exact) mass is 570 g/mol. The molecule has 0 atom stereocenters. The Labute approximate surface area is 229 Å². The summed E-state index contributed by atoms with van der Waals surface area (Å²) in [6.07, 6.45) is -2.19. The van der Waals surface area contributed by atoms with E-state index in [1.807, 2.05) is 0 Å². The fraction of sp³-hybridized carbons (Fsp3) is 0.148. The second kappa shape index (κ2) is 10.2. The second-order valence-electron chi connectivity index (χ2n) is 9.06. The first-order valence-corrected chi connectivity index (χ1v) is 12.1. The molecule has 13 heteroatoms. The Morgan fingerprint density at radius 1 is 1.00 bits per heavy atom. The molecule has 5 rings (SSSR count). The number of rotatable bonds is 5. The molecule has 40 heavy (non-hydrogen) atoms. The van der Waals surface area contributed by atoms with E-state index in [-0.39, 0.29) is 17.8 Å². The first-order chi connectivity index (χ1) is 18.9. The van der Waals surface area contributed by atoms with Crippen LogP contribution in [0.1, 0.15) is 21.6 Å². The van der Waals surface area contributed by atoms with Gasteiger partial charge in [0.1, 0.15) is 11.5 Å². The smallest absolute Gasteiger partial charge is 0.345 e. The van der Waals surface area contributed by atoms with Gasteiger partial charge >= 0.3 is 11.9 Å². The van der Waals surface area contributed by atoms with Crippen molar-refractivity contribution in [2.75, 3.05) is 14.1 Å². The van der Waals surface area contributed by atoms with Crippen LogP contribution in [0.3, 0.4) is 0 Å². The van der Waals surface area contributed by atoms with Gasteiger partial charge in [0.15, 0.2) is 5.65 Å². The fourth-order valence-corrected chi connectivity index (χ4v) is 4.26. The van der Waals surface area contributed by atoms with Crippen LogP contribution in [0.25, 0.3) is 27.9 Å². The second-order valence-corrected chi connectivity index (χ2v) is 9.50. The van der Waals surface area contributed by atoms with Crippen molar-refractivity contribution >= 4 is 23.2 Å². The number of carbonyl (C=O) groups excluding carboxylic acids is 1. The van der Waals surface area contributed by atoms with Gasteiger partial charge in [0, 0.05) is 36.4 Å². The maximum absolute atomic E-state index is 15.0. The third-order valence-corrected chi connectivity index (χ3v) is 6.36. The minimum Gasteiger partial charge on any atom is -0.345 e. The molecule has 2 aromatic carbocycles. The van der Waals surface area contributed by atoms with Crippen molar-refractivity contribution in [3.8, 4) is 22.3 Å². The number of carbonyl (C=O) groups is 1. The predicted molar refractivity (Wildman–Crippen MR) is 139 cm³/mol. The van der Waals surface area contributed by atoms with E-state index < -0.39 is 29.3 Å². The molecule has 0 saturated heterocycles. The van der Waals surface area contributed by atoms with E-state index in [2.05, 4.69) is 15.2 Å². The number of aromatic nitrogens is 5. The van der Waals surface area contributed by atoms with Crippen molar-refractivity contribution in [1.82, 2.24) is 29.3 Å². The Morgan fingerprint density at radius 3 is 2.30 bits per heavy atom. The third-order valence-electron chi connectivity index (χ3n) is 6.11. The Morgan fingerprint density at radius 2 is 1.70 bits per heavy atom. The molecule has 0 N–H and O–H groups in total. The van der Waals surface area contributed by atoms with Crippen LogP contribution in [-0.2, 0) is 12.7 Å². The molecule has 0 aliphatic rings. The Balaban J connectivity index is 1.65. The number of amides is 1. The Hall–Kier alpha value is -4.58. The maximum Gasteiger partial charge on any atom is 0.433 e. The number of fused-ring (bicyclic) bond motifs is 1. The average molecular weight is 571 g/mol. The summed E-state index contributed by atoms with van der Waals surface area (Å²) in [5.74, 6) is -1.24. The topological polar surface area (TPSA) is 85.4 Å². The summed E-state index contributed by atoms with van der Waals surface area (Å²) >= 11 is 6.08. The normalized spacial score (nSPS) is 11.7. The van der Waals surface area contributed by atoms with Crippen molar-refractivity contribution in [2.24, 2.45) is 0 Å². The molecule has 0 unspecified atom stereocenters. The van der Waals surface area contributed by atoms with Gasteiger partial charge in [0.2, 0.25) is 0 Å². The maximum atomic E-state index is 15.0. The van der Waals surface area contributed by atoms with Crippen molar-refractivity contribution in [1.29, 1.82) is 0 Å². The Bertz CT molecular complexity index is 1800. The molecule has 5 aromatic rings. The number of nitrogens with zero attached hydrogens (tertiary/aromatic N) is 6. The molecule has 3 aromatic heterocycles. The average Bonchev–Trinajstić information content (AvgIpc) is 3.23. The SMILES string of the molecule is CN(C)C(=O)c1ccc(-c2cnn3c(=O)n(Cc4ccc(C(F)(F)F)nc4)nc3c2-c2ccc(Cl)cc2)cc1F. The van der Waals surface area contributed by atoms with Crippen molar-refractivity contribution in [3.63, 3.8) is 0 Å². The predicted octanol–water partition coefficient (Wildman–Crippen LogP) is 5.18. The Kier molecular flexibility index (Phi) is 6.88. The molecule has 0 saturated carbocycles. The van der Waals surface area contributed by atoms with Gasteiger partial charge < -0.3 is 4.90 Å². The summed E-state index contributed by atoms with van der Waals surface area (Å²) in [5.41, 5.74) is 0.450. The van der Waals surface area contributed by atoms with Crippen LogP contribution < -0.4 is 5.69 Å². The number of hydrogen-bond acceptors (Lipinski definition) is 5. The molecule has 0 bridgehead atoms. The quantitative estimate of drug-likeness (QED) is 0.272. The molecule has 8 nitrogen and oxygen atoms in total.